The lowest BCUT2D eigenvalue weighted by Crippen LogP contribution is -2.44. The summed E-state index contributed by atoms with van der Waals surface area (Å²) in [6.07, 6.45) is 7.30. The fraction of sp³-hybridized carbons (Fsp3) is 0.405. The van der Waals surface area contributed by atoms with Gasteiger partial charge in [-0.25, -0.2) is 13.8 Å². The van der Waals surface area contributed by atoms with Crippen molar-refractivity contribution in [3.05, 3.63) is 113 Å². The molecule has 0 aromatic heterocycles. The number of hydrogen-bond acceptors (Lipinski definition) is 4. The molecular formula is C37H46F2N4O. The Hall–Kier alpha value is -3.68. The molecule has 0 spiro atoms. The Balaban J connectivity index is 0.00000461. The maximum Gasteiger partial charge on any atom is 0.132 e. The van der Waals surface area contributed by atoms with Crippen LogP contribution in [0.3, 0.4) is 0 Å². The van der Waals surface area contributed by atoms with Gasteiger partial charge in [-0.3, -0.25) is 9.89 Å². The first kappa shape index (κ1) is 31.7. The van der Waals surface area contributed by atoms with Crippen LogP contribution >= 0.6 is 0 Å². The van der Waals surface area contributed by atoms with E-state index in [1.807, 2.05) is 13.0 Å². The first-order valence-corrected chi connectivity index (χ1v) is 15.7. The van der Waals surface area contributed by atoms with Gasteiger partial charge in [0.2, 0.25) is 0 Å². The first-order valence-electron chi connectivity index (χ1n) is 15.7. The van der Waals surface area contributed by atoms with Crippen LogP contribution in [0.15, 0.2) is 94.9 Å². The zero-order valence-corrected chi connectivity index (χ0v) is 25.9. The molecule has 7 heteroatoms. The maximum atomic E-state index is 15.3. The van der Waals surface area contributed by atoms with Gasteiger partial charge in [-0.1, -0.05) is 60.7 Å². The molecule has 2 aliphatic rings. The Morgan fingerprint density at radius 2 is 1.75 bits per heavy atom. The van der Waals surface area contributed by atoms with Gasteiger partial charge in [0.1, 0.15) is 23.6 Å². The Labute approximate surface area is 262 Å². The highest BCUT2D eigenvalue weighted by Crippen LogP contribution is 2.43. The van der Waals surface area contributed by atoms with Crippen molar-refractivity contribution >= 4 is 18.2 Å². The van der Waals surface area contributed by atoms with Gasteiger partial charge in [-0.15, -0.1) is 0 Å². The number of nitrogens with one attached hydrogen (secondary N) is 1. The van der Waals surface area contributed by atoms with Crippen LogP contribution in [-0.4, -0.2) is 56.8 Å². The van der Waals surface area contributed by atoms with Gasteiger partial charge in [0, 0.05) is 77.1 Å². The number of nitrogens with zero attached hydrogens (tertiary/aromatic N) is 3. The van der Waals surface area contributed by atoms with Crippen LogP contribution in [0.25, 0.3) is 0 Å². The lowest BCUT2D eigenvalue weighted by molar-refractivity contribution is -0.0665. The summed E-state index contributed by atoms with van der Waals surface area (Å²) in [6.45, 7) is 8.95. The van der Waals surface area contributed by atoms with Crippen molar-refractivity contribution in [2.75, 3.05) is 38.6 Å². The zero-order valence-electron chi connectivity index (χ0n) is 25.9. The monoisotopic (exact) mass is 600 g/mol. The molecule has 1 N–H and O–H groups in total. The van der Waals surface area contributed by atoms with E-state index in [1.165, 1.54) is 29.6 Å². The van der Waals surface area contributed by atoms with Crippen molar-refractivity contribution < 1.29 is 14.9 Å². The number of benzene rings is 3. The molecule has 0 radical (unpaired) electrons. The molecule has 5 nitrogen and oxygen atoms in total. The van der Waals surface area contributed by atoms with Gasteiger partial charge in [-0.2, -0.15) is 0 Å². The summed E-state index contributed by atoms with van der Waals surface area (Å²) in [5.74, 6) is -0.0603. The maximum absolute atomic E-state index is 15.3. The molecule has 0 bridgehead atoms. The predicted octanol–water partition coefficient (Wildman–Crippen LogP) is 7.92. The highest BCUT2D eigenvalue weighted by Gasteiger charge is 2.45. The molecule has 1 saturated heterocycles. The van der Waals surface area contributed by atoms with Crippen molar-refractivity contribution in [2.45, 2.75) is 50.7 Å². The van der Waals surface area contributed by atoms with Crippen LogP contribution in [0.5, 0.6) is 0 Å². The van der Waals surface area contributed by atoms with E-state index in [9.17, 15) is 4.39 Å². The smallest absolute Gasteiger partial charge is 0.132 e. The van der Waals surface area contributed by atoms with E-state index in [4.69, 9.17) is 4.74 Å². The van der Waals surface area contributed by atoms with Gasteiger partial charge in [-0.05, 0) is 67.3 Å². The molecule has 2 fully saturated rings. The molecule has 2 unspecified atom stereocenters. The molecule has 1 saturated carbocycles. The minimum Gasteiger partial charge on any atom is -0.382 e. The largest absolute Gasteiger partial charge is 0.382 e. The first-order chi connectivity index (χ1) is 21.4. The number of anilines is 1. The molecule has 3 aromatic carbocycles. The average molecular weight is 601 g/mol. The van der Waals surface area contributed by atoms with Crippen molar-refractivity contribution in [2.24, 2.45) is 21.8 Å². The standard InChI is InChI=1S/C37H44F2N4O.H2/c1-4-44-37(22-27(2)16-17-41-26-40-3,35-15-12-32(38)21-36(35)39)25-43-23-30-19-34(20-31(30)24-43)42-33-13-10-29(11-14-33)18-28-8-6-5-7-9-28;/h5-15,17,21,26,30-31,34,42H,2,4,16,18-20,22-25H2,1,3H3;1H/t30-,31+,34?,37?;. The van der Waals surface area contributed by atoms with E-state index in [1.54, 1.807) is 13.3 Å². The summed E-state index contributed by atoms with van der Waals surface area (Å²) in [5.41, 5.74) is 4.06. The number of likely N-dealkylation sites (tertiary alicyclic amines) is 1. The Kier molecular flexibility index (Phi) is 10.7. The van der Waals surface area contributed by atoms with Gasteiger partial charge < -0.3 is 10.1 Å². The number of halogens is 2. The Morgan fingerprint density at radius 3 is 2.41 bits per heavy atom. The van der Waals surface area contributed by atoms with Crippen LogP contribution in [-0.2, 0) is 16.8 Å². The quantitative estimate of drug-likeness (QED) is 0.116. The number of hydrogen-bond donors (Lipinski definition) is 1. The van der Waals surface area contributed by atoms with Gasteiger partial charge in [0.25, 0.3) is 0 Å². The molecule has 1 aliphatic carbocycles. The molecular weight excluding hydrogens is 554 g/mol. The third kappa shape index (κ3) is 8.07. The Bertz CT molecular complexity index is 1430. The second-order valence-electron chi connectivity index (χ2n) is 12.3. The van der Waals surface area contributed by atoms with Crippen LogP contribution < -0.4 is 5.32 Å². The van der Waals surface area contributed by atoms with Crippen molar-refractivity contribution in [3.63, 3.8) is 0 Å². The molecule has 1 heterocycles. The van der Waals surface area contributed by atoms with Crippen molar-refractivity contribution in [3.8, 4) is 0 Å². The minimum absolute atomic E-state index is 0. The molecule has 3 aromatic rings. The van der Waals surface area contributed by atoms with Crippen LogP contribution in [0.1, 0.15) is 50.7 Å². The average Bonchev–Trinajstić information content (AvgIpc) is 3.54. The third-order valence-corrected chi connectivity index (χ3v) is 8.93. The predicted molar refractivity (Wildman–Crippen MR) is 179 cm³/mol. The fourth-order valence-electron chi connectivity index (χ4n) is 7.11. The van der Waals surface area contributed by atoms with Crippen molar-refractivity contribution in [1.82, 2.24) is 4.90 Å². The summed E-state index contributed by atoms with van der Waals surface area (Å²) in [5, 5.41) is 3.78. The van der Waals surface area contributed by atoms with Gasteiger partial charge >= 0.3 is 0 Å². The molecule has 4 atom stereocenters. The molecule has 234 valence electrons. The number of fused-ring (bicyclic) bond motifs is 1. The second-order valence-corrected chi connectivity index (χ2v) is 12.3. The zero-order chi connectivity index (χ0) is 30.9. The number of ether oxygens (including phenoxy) is 1. The fourth-order valence-corrected chi connectivity index (χ4v) is 7.11. The van der Waals surface area contributed by atoms with E-state index < -0.39 is 17.2 Å². The van der Waals surface area contributed by atoms with Crippen LogP contribution in [0.2, 0.25) is 0 Å². The third-order valence-electron chi connectivity index (χ3n) is 8.93. The summed E-state index contributed by atoms with van der Waals surface area (Å²) in [6, 6.07) is 23.6. The van der Waals surface area contributed by atoms with Gasteiger partial charge in [0.15, 0.2) is 0 Å². The van der Waals surface area contributed by atoms with Crippen LogP contribution in [0, 0.1) is 23.5 Å². The molecule has 0 amide bonds. The topological polar surface area (TPSA) is 49.2 Å². The SMILES string of the molecule is C=C(CC=NC=NC)CC(CN1C[C@H]2CC(Nc3ccc(Cc4ccccc4)cc3)C[C@H]2C1)(OCC)c1ccc(F)cc1F.[HH]. The minimum atomic E-state index is -0.978. The van der Waals surface area contributed by atoms with Gasteiger partial charge in [0.05, 0.1) is 0 Å². The van der Waals surface area contributed by atoms with Crippen LogP contribution in [0.4, 0.5) is 14.5 Å². The van der Waals surface area contributed by atoms with Crippen molar-refractivity contribution in [1.29, 1.82) is 0 Å². The van der Waals surface area contributed by atoms with E-state index in [0.29, 0.717) is 49.4 Å². The normalized spacial score (nSPS) is 21.6. The second kappa shape index (κ2) is 14.9. The molecule has 5 rings (SSSR count). The molecule has 44 heavy (non-hydrogen) atoms. The summed E-state index contributed by atoms with van der Waals surface area (Å²) in [4.78, 5) is 10.4. The Morgan fingerprint density at radius 1 is 1.05 bits per heavy atom. The lowest BCUT2D eigenvalue weighted by Gasteiger charge is -2.38. The van der Waals surface area contributed by atoms with E-state index in [0.717, 1.165) is 49.7 Å². The number of aliphatic imine (C=N–C) groups is 2. The summed E-state index contributed by atoms with van der Waals surface area (Å²) in [7, 11) is 1.66. The number of rotatable bonds is 14. The van der Waals surface area contributed by atoms with E-state index in [2.05, 4.69) is 75.3 Å². The van der Waals surface area contributed by atoms with E-state index >= 15 is 4.39 Å². The molecule has 1 aliphatic heterocycles. The summed E-state index contributed by atoms with van der Waals surface area (Å²) < 4.78 is 35.7. The highest BCUT2D eigenvalue weighted by atomic mass is 19.1. The lowest BCUT2D eigenvalue weighted by atomic mass is 9.85. The highest BCUT2D eigenvalue weighted by molar-refractivity contribution is 5.73. The van der Waals surface area contributed by atoms with E-state index in [-0.39, 0.29) is 1.43 Å². The summed E-state index contributed by atoms with van der Waals surface area (Å²) >= 11 is 0.